The van der Waals surface area contributed by atoms with Gasteiger partial charge in [0.25, 0.3) is 5.56 Å². The highest BCUT2D eigenvalue weighted by Crippen LogP contribution is 2.22. The minimum absolute atomic E-state index is 0.117. The van der Waals surface area contributed by atoms with Crippen LogP contribution in [0, 0.1) is 3.57 Å². The minimum Gasteiger partial charge on any atom is -0.289 e. The van der Waals surface area contributed by atoms with E-state index in [2.05, 4.69) is 32.7 Å². The van der Waals surface area contributed by atoms with E-state index in [0.29, 0.717) is 5.82 Å². The van der Waals surface area contributed by atoms with E-state index in [9.17, 15) is 4.79 Å². The number of halogens is 1. The first-order chi connectivity index (χ1) is 9.25. The highest BCUT2D eigenvalue weighted by molar-refractivity contribution is 14.1. The molecule has 0 fully saturated rings. The van der Waals surface area contributed by atoms with Crippen molar-refractivity contribution in [1.29, 1.82) is 0 Å². The maximum atomic E-state index is 12.0. The van der Waals surface area contributed by atoms with Gasteiger partial charge in [-0.25, -0.2) is 9.67 Å². The summed E-state index contributed by atoms with van der Waals surface area (Å²) < 4.78 is 2.54. The van der Waals surface area contributed by atoms with Crippen LogP contribution in [0.25, 0.3) is 17.1 Å². The molecule has 0 bridgehead atoms. The molecule has 1 N–H and O–H groups in total. The number of aromatic amines is 1. The quantitative estimate of drug-likeness (QED) is 0.712. The standard InChI is InChI=1S/C14H10IN3O/c15-11-6-2-1-5-10(11)12-9-14(19)18(17-12)13-7-3-4-8-16-13/h1-9,17H. The molecule has 2 aromatic heterocycles. The van der Waals surface area contributed by atoms with Crippen LogP contribution in [0.3, 0.4) is 0 Å². The molecule has 0 aliphatic carbocycles. The lowest BCUT2D eigenvalue weighted by molar-refractivity contribution is 0.821. The third-order valence-electron chi connectivity index (χ3n) is 2.76. The van der Waals surface area contributed by atoms with Gasteiger partial charge in [-0.05, 0) is 40.8 Å². The van der Waals surface area contributed by atoms with Crippen molar-refractivity contribution in [2.24, 2.45) is 0 Å². The topological polar surface area (TPSA) is 50.7 Å². The molecule has 5 heteroatoms. The van der Waals surface area contributed by atoms with E-state index in [1.54, 1.807) is 18.3 Å². The maximum absolute atomic E-state index is 12.0. The van der Waals surface area contributed by atoms with Crippen molar-refractivity contribution in [2.45, 2.75) is 0 Å². The molecule has 0 radical (unpaired) electrons. The van der Waals surface area contributed by atoms with E-state index in [1.165, 1.54) is 4.68 Å². The summed E-state index contributed by atoms with van der Waals surface area (Å²) in [5, 5.41) is 3.09. The minimum atomic E-state index is -0.117. The highest BCUT2D eigenvalue weighted by atomic mass is 127. The van der Waals surface area contributed by atoms with E-state index in [1.807, 2.05) is 36.4 Å². The van der Waals surface area contributed by atoms with Crippen LogP contribution < -0.4 is 5.56 Å². The van der Waals surface area contributed by atoms with Gasteiger partial charge in [0.2, 0.25) is 0 Å². The molecular weight excluding hydrogens is 353 g/mol. The van der Waals surface area contributed by atoms with Crippen LogP contribution in [-0.4, -0.2) is 14.8 Å². The molecule has 0 unspecified atom stereocenters. The molecule has 0 aliphatic rings. The number of nitrogens with one attached hydrogen (secondary N) is 1. The van der Waals surface area contributed by atoms with Crippen molar-refractivity contribution in [3.8, 4) is 17.1 Å². The first kappa shape index (κ1) is 12.2. The predicted molar refractivity (Wildman–Crippen MR) is 82.3 cm³/mol. The molecule has 19 heavy (non-hydrogen) atoms. The van der Waals surface area contributed by atoms with Crippen LogP contribution >= 0.6 is 22.6 Å². The Labute approximate surface area is 123 Å². The summed E-state index contributed by atoms with van der Waals surface area (Å²) in [6, 6.07) is 15.0. The molecule has 2 heterocycles. The fourth-order valence-electron chi connectivity index (χ4n) is 1.87. The predicted octanol–water partition coefficient (Wildman–Crippen LogP) is 2.83. The number of H-pyrrole nitrogens is 1. The fraction of sp³-hybridized carbons (Fsp3) is 0. The number of hydrogen-bond acceptors (Lipinski definition) is 2. The average molecular weight is 363 g/mol. The molecule has 1 aromatic carbocycles. The zero-order chi connectivity index (χ0) is 13.2. The number of pyridine rings is 1. The first-order valence-electron chi connectivity index (χ1n) is 5.74. The number of aromatic nitrogens is 3. The van der Waals surface area contributed by atoms with E-state index in [0.717, 1.165) is 14.8 Å². The summed E-state index contributed by atoms with van der Waals surface area (Å²) in [6.45, 7) is 0. The molecule has 0 atom stereocenters. The Morgan fingerprint density at radius 1 is 1.11 bits per heavy atom. The third-order valence-corrected chi connectivity index (χ3v) is 3.70. The summed E-state index contributed by atoms with van der Waals surface area (Å²) in [7, 11) is 0. The van der Waals surface area contributed by atoms with Crippen LogP contribution in [0.1, 0.15) is 0 Å². The van der Waals surface area contributed by atoms with Gasteiger partial charge in [-0.2, -0.15) is 0 Å². The summed E-state index contributed by atoms with van der Waals surface area (Å²) in [5.41, 5.74) is 1.68. The van der Waals surface area contributed by atoms with Crippen LogP contribution in [0.15, 0.2) is 59.5 Å². The van der Waals surface area contributed by atoms with Gasteiger partial charge in [-0.1, -0.05) is 24.3 Å². The zero-order valence-electron chi connectivity index (χ0n) is 9.88. The molecule has 3 rings (SSSR count). The van der Waals surface area contributed by atoms with Gasteiger partial charge in [0.05, 0.1) is 5.69 Å². The monoisotopic (exact) mass is 363 g/mol. The van der Waals surface area contributed by atoms with Crippen molar-refractivity contribution >= 4 is 22.6 Å². The largest absolute Gasteiger partial charge is 0.289 e. The third kappa shape index (κ3) is 2.33. The van der Waals surface area contributed by atoms with Crippen molar-refractivity contribution < 1.29 is 0 Å². The molecule has 0 amide bonds. The van der Waals surface area contributed by atoms with E-state index >= 15 is 0 Å². The summed E-state index contributed by atoms with van der Waals surface area (Å²) in [6.07, 6.45) is 1.66. The smallest absolute Gasteiger partial charge is 0.273 e. The van der Waals surface area contributed by atoms with Crippen molar-refractivity contribution in [2.75, 3.05) is 0 Å². The average Bonchev–Trinajstić information content (AvgIpc) is 2.82. The van der Waals surface area contributed by atoms with Crippen LogP contribution in [0.5, 0.6) is 0 Å². The zero-order valence-corrected chi connectivity index (χ0v) is 12.0. The Morgan fingerprint density at radius 3 is 2.63 bits per heavy atom. The summed E-state index contributed by atoms with van der Waals surface area (Å²) >= 11 is 2.25. The SMILES string of the molecule is O=c1cc(-c2ccccc2I)[nH]n1-c1ccccn1. The molecular formula is C14H10IN3O. The van der Waals surface area contributed by atoms with E-state index < -0.39 is 0 Å². The molecule has 4 nitrogen and oxygen atoms in total. The second-order valence-electron chi connectivity index (χ2n) is 4.01. The lowest BCUT2D eigenvalue weighted by Crippen LogP contribution is -2.14. The first-order valence-corrected chi connectivity index (χ1v) is 6.82. The van der Waals surface area contributed by atoms with Gasteiger partial charge in [0, 0.05) is 21.4 Å². The van der Waals surface area contributed by atoms with Crippen LogP contribution in [0.4, 0.5) is 0 Å². The highest BCUT2D eigenvalue weighted by Gasteiger charge is 2.09. The Morgan fingerprint density at radius 2 is 1.89 bits per heavy atom. The Balaban J connectivity index is 2.13. The van der Waals surface area contributed by atoms with Gasteiger partial charge in [0.1, 0.15) is 0 Å². The van der Waals surface area contributed by atoms with Gasteiger partial charge in [-0.15, -0.1) is 0 Å². The number of rotatable bonds is 2. The lowest BCUT2D eigenvalue weighted by atomic mass is 10.2. The second kappa shape index (κ2) is 5.00. The molecule has 0 aliphatic heterocycles. The fourth-order valence-corrected chi connectivity index (χ4v) is 2.55. The van der Waals surface area contributed by atoms with Gasteiger partial charge in [-0.3, -0.25) is 9.89 Å². The van der Waals surface area contributed by atoms with Crippen molar-refractivity contribution in [3.05, 3.63) is 68.7 Å². The van der Waals surface area contributed by atoms with Crippen molar-refractivity contribution in [3.63, 3.8) is 0 Å². The Hall–Kier alpha value is -1.89. The van der Waals surface area contributed by atoms with E-state index in [4.69, 9.17) is 0 Å². The molecule has 0 saturated heterocycles. The normalized spacial score (nSPS) is 10.6. The summed E-state index contributed by atoms with van der Waals surface area (Å²) in [5.74, 6) is 0.588. The Bertz CT molecular complexity index is 762. The van der Waals surface area contributed by atoms with Gasteiger partial charge in [0.15, 0.2) is 5.82 Å². The Kier molecular flexibility index (Phi) is 3.20. The number of hydrogen-bond donors (Lipinski definition) is 1. The second-order valence-corrected chi connectivity index (χ2v) is 5.17. The molecule has 0 saturated carbocycles. The van der Waals surface area contributed by atoms with Gasteiger partial charge < -0.3 is 0 Å². The van der Waals surface area contributed by atoms with Crippen LogP contribution in [-0.2, 0) is 0 Å². The number of nitrogens with zero attached hydrogens (tertiary/aromatic N) is 2. The van der Waals surface area contributed by atoms with Crippen molar-refractivity contribution in [1.82, 2.24) is 14.8 Å². The molecule has 0 spiro atoms. The number of benzene rings is 1. The summed E-state index contributed by atoms with van der Waals surface area (Å²) in [4.78, 5) is 16.2. The molecule has 94 valence electrons. The van der Waals surface area contributed by atoms with E-state index in [-0.39, 0.29) is 5.56 Å². The molecule has 3 aromatic rings. The van der Waals surface area contributed by atoms with Gasteiger partial charge >= 0.3 is 0 Å². The lowest BCUT2D eigenvalue weighted by Gasteiger charge is -2.02. The maximum Gasteiger partial charge on any atom is 0.273 e. The van der Waals surface area contributed by atoms with Crippen LogP contribution in [0.2, 0.25) is 0 Å².